The van der Waals surface area contributed by atoms with Crippen molar-refractivity contribution in [1.29, 1.82) is 0 Å². The molecule has 0 aromatic carbocycles. The standard InChI is InChI=1S/C14H23N3S/c1-4-18-13-7-5-6-8-17(10-13)14-9-11(2)15-12(3)16-14/h9,13H,4-8,10H2,1-3H3. The van der Waals surface area contributed by atoms with E-state index in [0.717, 1.165) is 35.7 Å². The molecule has 2 heterocycles. The lowest BCUT2D eigenvalue weighted by atomic mass is 10.2. The maximum absolute atomic E-state index is 4.60. The smallest absolute Gasteiger partial charge is 0.132 e. The topological polar surface area (TPSA) is 29.0 Å². The Hall–Kier alpha value is -0.770. The van der Waals surface area contributed by atoms with E-state index < -0.39 is 0 Å². The molecule has 0 saturated carbocycles. The summed E-state index contributed by atoms with van der Waals surface area (Å²) < 4.78 is 0. The zero-order valence-corrected chi connectivity index (χ0v) is 12.5. The first-order chi connectivity index (χ1) is 8.69. The summed E-state index contributed by atoms with van der Waals surface area (Å²) in [7, 11) is 0. The summed E-state index contributed by atoms with van der Waals surface area (Å²) in [6.07, 6.45) is 3.97. The Balaban J connectivity index is 2.14. The van der Waals surface area contributed by atoms with Gasteiger partial charge in [-0.3, -0.25) is 0 Å². The molecule has 1 atom stereocenters. The second kappa shape index (κ2) is 6.41. The van der Waals surface area contributed by atoms with E-state index in [0.29, 0.717) is 0 Å². The molecule has 18 heavy (non-hydrogen) atoms. The van der Waals surface area contributed by atoms with Gasteiger partial charge in [-0.25, -0.2) is 9.97 Å². The van der Waals surface area contributed by atoms with Crippen molar-refractivity contribution in [2.24, 2.45) is 0 Å². The van der Waals surface area contributed by atoms with Gasteiger partial charge in [-0.15, -0.1) is 0 Å². The molecule has 0 bridgehead atoms. The highest BCUT2D eigenvalue weighted by atomic mass is 32.2. The van der Waals surface area contributed by atoms with Crippen molar-refractivity contribution < 1.29 is 0 Å². The van der Waals surface area contributed by atoms with Crippen LogP contribution in [-0.4, -0.2) is 34.1 Å². The van der Waals surface area contributed by atoms with Crippen molar-refractivity contribution in [3.05, 3.63) is 17.6 Å². The van der Waals surface area contributed by atoms with Crippen LogP contribution < -0.4 is 4.90 Å². The molecule has 0 spiro atoms. The van der Waals surface area contributed by atoms with Crippen LogP contribution in [0.3, 0.4) is 0 Å². The fourth-order valence-corrected chi connectivity index (χ4v) is 3.63. The molecule has 2 rings (SSSR count). The highest BCUT2D eigenvalue weighted by molar-refractivity contribution is 7.99. The van der Waals surface area contributed by atoms with Crippen LogP contribution in [0.4, 0.5) is 5.82 Å². The van der Waals surface area contributed by atoms with E-state index in [-0.39, 0.29) is 0 Å². The van der Waals surface area contributed by atoms with Crippen LogP contribution in [0.15, 0.2) is 6.07 Å². The molecule has 0 amide bonds. The molecule has 4 heteroatoms. The van der Waals surface area contributed by atoms with Gasteiger partial charge in [0.15, 0.2) is 0 Å². The molecule has 100 valence electrons. The fourth-order valence-electron chi connectivity index (χ4n) is 2.54. The van der Waals surface area contributed by atoms with E-state index in [1.54, 1.807) is 0 Å². The number of aryl methyl sites for hydroxylation is 2. The summed E-state index contributed by atoms with van der Waals surface area (Å²) in [5.74, 6) is 3.21. The lowest BCUT2D eigenvalue weighted by molar-refractivity contribution is 0.735. The van der Waals surface area contributed by atoms with Gasteiger partial charge >= 0.3 is 0 Å². The van der Waals surface area contributed by atoms with Gasteiger partial charge < -0.3 is 4.90 Å². The first-order valence-electron chi connectivity index (χ1n) is 6.88. The van der Waals surface area contributed by atoms with E-state index in [1.807, 2.05) is 13.8 Å². The molecular formula is C14H23N3S. The van der Waals surface area contributed by atoms with Crippen LogP contribution in [0, 0.1) is 13.8 Å². The van der Waals surface area contributed by atoms with Crippen LogP contribution >= 0.6 is 11.8 Å². The van der Waals surface area contributed by atoms with Crippen LogP contribution in [-0.2, 0) is 0 Å². The molecule has 0 aliphatic carbocycles. The molecule has 1 aliphatic rings. The summed E-state index contributed by atoms with van der Waals surface area (Å²) in [6.45, 7) is 8.55. The lowest BCUT2D eigenvalue weighted by Gasteiger charge is -2.25. The van der Waals surface area contributed by atoms with Crippen LogP contribution in [0.25, 0.3) is 0 Å². The van der Waals surface area contributed by atoms with Crippen molar-refractivity contribution in [1.82, 2.24) is 9.97 Å². The zero-order chi connectivity index (χ0) is 13.0. The van der Waals surface area contributed by atoms with E-state index in [2.05, 4.69) is 39.6 Å². The Morgan fingerprint density at radius 1 is 1.33 bits per heavy atom. The largest absolute Gasteiger partial charge is 0.355 e. The quantitative estimate of drug-likeness (QED) is 0.839. The van der Waals surface area contributed by atoms with Crippen molar-refractivity contribution >= 4 is 17.6 Å². The predicted octanol–water partition coefficient (Wildman–Crippen LogP) is 3.21. The van der Waals surface area contributed by atoms with E-state index >= 15 is 0 Å². The molecule has 1 aromatic rings. The maximum Gasteiger partial charge on any atom is 0.132 e. The van der Waals surface area contributed by atoms with E-state index in [9.17, 15) is 0 Å². The fraction of sp³-hybridized carbons (Fsp3) is 0.714. The SMILES string of the molecule is CCSC1CCCCN(c2cc(C)nc(C)n2)C1. The molecule has 1 fully saturated rings. The van der Waals surface area contributed by atoms with Crippen LogP contribution in [0.1, 0.15) is 37.7 Å². The summed E-state index contributed by atoms with van der Waals surface area (Å²) >= 11 is 2.09. The van der Waals surface area contributed by atoms with Gasteiger partial charge in [0.25, 0.3) is 0 Å². The van der Waals surface area contributed by atoms with Gasteiger partial charge in [0.1, 0.15) is 11.6 Å². The third kappa shape index (κ3) is 3.61. The minimum Gasteiger partial charge on any atom is -0.355 e. The number of rotatable bonds is 3. The van der Waals surface area contributed by atoms with Gasteiger partial charge in [-0.2, -0.15) is 11.8 Å². The zero-order valence-electron chi connectivity index (χ0n) is 11.6. The molecule has 1 unspecified atom stereocenters. The number of hydrogen-bond donors (Lipinski definition) is 0. The molecule has 0 radical (unpaired) electrons. The van der Waals surface area contributed by atoms with Gasteiger partial charge in [0, 0.05) is 30.1 Å². The van der Waals surface area contributed by atoms with E-state index in [1.165, 1.54) is 25.0 Å². The second-order valence-corrected chi connectivity index (χ2v) is 6.51. The van der Waals surface area contributed by atoms with Crippen molar-refractivity contribution in [2.75, 3.05) is 23.7 Å². The van der Waals surface area contributed by atoms with Crippen molar-refractivity contribution in [2.45, 2.75) is 45.3 Å². The highest BCUT2D eigenvalue weighted by Gasteiger charge is 2.19. The average molecular weight is 265 g/mol. The molecule has 3 nitrogen and oxygen atoms in total. The lowest BCUT2D eigenvalue weighted by Crippen LogP contribution is -2.30. The average Bonchev–Trinajstić information content (AvgIpc) is 2.54. The summed E-state index contributed by atoms with van der Waals surface area (Å²) in [5.41, 5.74) is 1.07. The van der Waals surface area contributed by atoms with Gasteiger partial charge in [-0.05, 0) is 32.4 Å². The molecule has 0 N–H and O–H groups in total. The van der Waals surface area contributed by atoms with Crippen molar-refractivity contribution in [3.63, 3.8) is 0 Å². The molecule has 1 saturated heterocycles. The van der Waals surface area contributed by atoms with Gasteiger partial charge in [-0.1, -0.05) is 13.3 Å². The summed E-state index contributed by atoms with van der Waals surface area (Å²) in [5, 5.41) is 0.757. The number of thioether (sulfide) groups is 1. The Labute approximate surface area is 114 Å². The number of aromatic nitrogens is 2. The normalized spacial score (nSPS) is 20.8. The first kappa shape index (κ1) is 13.7. The van der Waals surface area contributed by atoms with Gasteiger partial charge in [0.2, 0.25) is 0 Å². The van der Waals surface area contributed by atoms with Crippen LogP contribution in [0.2, 0.25) is 0 Å². The number of anilines is 1. The molecular weight excluding hydrogens is 242 g/mol. The van der Waals surface area contributed by atoms with Crippen molar-refractivity contribution in [3.8, 4) is 0 Å². The van der Waals surface area contributed by atoms with E-state index in [4.69, 9.17) is 0 Å². The molecule has 1 aliphatic heterocycles. The molecule has 1 aromatic heterocycles. The Morgan fingerprint density at radius 3 is 2.89 bits per heavy atom. The highest BCUT2D eigenvalue weighted by Crippen LogP contribution is 2.25. The predicted molar refractivity (Wildman–Crippen MR) is 79.5 cm³/mol. The minimum atomic E-state index is 0.757. The Kier molecular flexibility index (Phi) is 4.87. The number of hydrogen-bond acceptors (Lipinski definition) is 4. The summed E-state index contributed by atoms with van der Waals surface area (Å²) in [4.78, 5) is 11.4. The Bertz CT molecular complexity index is 374. The third-order valence-electron chi connectivity index (χ3n) is 3.31. The minimum absolute atomic E-state index is 0.757. The maximum atomic E-state index is 4.60. The first-order valence-corrected chi connectivity index (χ1v) is 7.92. The second-order valence-electron chi connectivity index (χ2n) is 4.93. The Morgan fingerprint density at radius 2 is 2.17 bits per heavy atom. The van der Waals surface area contributed by atoms with Gasteiger partial charge in [0.05, 0.1) is 0 Å². The summed E-state index contributed by atoms with van der Waals surface area (Å²) in [6, 6.07) is 2.12. The van der Waals surface area contributed by atoms with Crippen LogP contribution in [0.5, 0.6) is 0 Å². The monoisotopic (exact) mass is 265 g/mol. The number of nitrogens with zero attached hydrogens (tertiary/aromatic N) is 3. The third-order valence-corrected chi connectivity index (χ3v) is 4.50.